The summed E-state index contributed by atoms with van der Waals surface area (Å²) in [5.74, 6) is 0. The quantitative estimate of drug-likeness (QED) is 0.441. The van der Waals surface area contributed by atoms with E-state index in [1.807, 2.05) is 0 Å². The summed E-state index contributed by atoms with van der Waals surface area (Å²) in [6.45, 7) is 0. The number of rotatable bonds is 2. The minimum absolute atomic E-state index is 0.538. The summed E-state index contributed by atoms with van der Waals surface area (Å²) in [5, 5.41) is 0.538. The molecule has 0 atom stereocenters. The first-order valence-corrected chi connectivity index (χ1v) is 4.25. The molecular weight excluding hydrogens is 134 g/mol. The Hall–Kier alpha value is -0.0500. The maximum absolute atomic E-state index is 9.79. The first-order chi connectivity index (χ1) is 4.43. The molecule has 0 saturated heterocycles. The molecule has 0 heterocycles. The van der Waals surface area contributed by atoms with Crippen molar-refractivity contribution < 1.29 is 0 Å². The second-order valence-corrected chi connectivity index (χ2v) is 3.47. The summed E-state index contributed by atoms with van der Waals surface area (Å²) in [6, 6.07) is 0. The Kier molecular flexibility index (Phi) is 3.04. The minimum atomic E-state index is 0.538. The molecule has 0 aromatic heterocycles. The Morgan fingerprint density at radius 1 is 1.22 bits per heavy atom. The molecule has 0 radical (unpaired) electrons. The zero-order chi connectivity index (χ0) is 6.53. The maximum Gasteiger partial charge on any atom is 0.0300 e. The van der Waals surface area contributed by atoms with Gasteiger partial charge in [0.2, 0.25) is 0 Å². The predicted molar refractivity (Wildman–Crippen MR) is 40.3 cm³/mol. The molecule has 0 amide bonds. The van der Waals surface area contributed by atoms with Gasteiger partial charge in [0.05, 0.1) is 0 Å². The molecule has 1 fully saturated rings. The highest BCUT2D eigenvalue weighted by Gasteiger charge is 2.13. The highest BCUT2D eigenvalue weighted by atomic mass is 32.2. The molecule has 0 bridgehead atoms. The Morgan fingerprint density at radius 3 is 2.44 bits per heavy atom. The van der Waals surface area contributed by atoms with Crippen molar-refractivity contribution in [1.29, 1.82) is 0 Å². The van der Waals surface area contributed by atoms with Gasteiger partial charge in [0.1, 0.15) is 0 Å². The van der Waals surface area contributed by atoms with Crippen molar-refractivity contribution in [3.8, 4) is 0 Å². The van der Waals surface area contributed by atoms with Crippen molar-refractivity contribution in [2.75, 3.05) is 0 Å². The minimum Gasteiger partial charge on any atom is -0.137 e. The van der Waals surface area contributed by atoms with Crippen molar-refractivity contribution >= 4 is 11.9 Å². The van der Waals surface area contributed by atoms with Gasteiger partial charge in [-0.3, -0.25) is 0 Å². The molecule has 3 heteroatoms. The third kappa shape index (κ3) is 2.35. The largest absolute Gasteiger partial charge is 0.137 e. The molecule has 1 aliphatic rings. The van der Waals surface area contributed by atoms with Crippen LogP contribution in [0.25, 0.3) is 0 Å². The van der Waals surface area contributed by atoms with Crippen molar-refractivity contribution in [3.05, 3.63) is 4.91 Å². The van der Waals surface area contributed by atoms with E-state index in [2.05, 4.69) is 4.58 Å². The number of nitroso groups, excluding NO2 is 1. The molecule has 0 aromatic carbocycles. The van der Waals surface area contributed by atoms with Crippen LogP contribution in [0.4, 0.5) is 0 Å². The van der Waals surface area contributed by atoms with Crippen LogP contribution in [0.2, 0.25) is 0 Å². The van der Waals surface area contributed by atoms with Crippen LogP contribution >= 0.6 is 11.9 Å². The molecule has 0 N–H and O–H groups in total. The fourth-order valence-electron chi connectivity index (χ4n) is 1.23. The lowest BCUT2D eigenvalue weighted by molar-refractivity contribution is 0.516. The van der Waals surface area contributed by atoms with E-state index in [1.54, 1.807) is 0 Å². The average molecular weight is 145 g/mol. The molecular formula is C6H11NOS. The van der Waals surface area contributed by atoms with Gasteiger partial charge in [-0.05, 0) is 12.8 Å². The zero-order valence-electron chi connectivity index (χ0n) is 5.38. The first kappa shape index (κ1) is 7.06. The molecule has 9 heavy (non-hydrogen) atoms. The van der Waals surface area contributed by atoms with Crippen LogP contribution in [0.15, 0.2) is 4.58 Å². The molecule has 0 aromatic rings. The van der Waals surface area contributed by atoms with Crippen LogP contribution in [-0.4, -0.2) is 5.25 Å². The van der Waals surface area contributed by atoms with Gasteiger partial charge in [-0.1, -0.05) is 19.3 Å². The number of nitrogens with zero attached hydrogens (tertiary/aromatic N) is 1. The van der Waals surface area contributed by atoms with Crippen LogP contribution in [0.1, 0.15) is 32.1 Å². The molecule has 0 spiro atoms. The van der Waals surface area contributed by atoms with Crippen LogP contribution in [0, 0.1) is 4.91 Å². The van der Waals surface area contributed by atoms with Crippen LogP contribution in [0.3, 0.4) is 0 Å². The SMILES string of the molecule is O=NSC1CCCCC1. The third-order valence-corrected chi connectivity index (χ3v) is 2.60. The fourth-order valence-corrected chi connectivity index (χ4v) is 1.90. The van der Waals surface area contributed by atoms with E-state index in [1.165, 1.54) is 44.1 Å². The second-order valence-electron chi connectivity index (χ2n) is 2.44. The summed E-state index contributed by atoms with van der Waals surface area (Å²) in [6.07, 6.45) is 6.29. The summed E-state index contributed by atoms with van der Waals surface area (Å²) in [4.78, 5) is 9.79. The molecule has 1 aliphatic carbocycles. The van der Waals surface area contributed by atoms with Crippen molar-refractivity contribution in [2.45, 2.75) is 37.4 Å². The van der Waals surface area contributed by atoms with Crippen LogP contribution in [-0.2, 0) is 0 Å². The van der Waals surface area contributed by atoms with Crippen LogP contribution < -0.4 is 0 Å². The zero-order valence-corrected chi connectivity index (χ0v) is 6.19. The molecule has 52 valence electrons. The lowest BCUT2D eigenvalue weighted by atomic mass is 10.0. The molecule has 0 unspecified atom stereocenters. The summed E-state index contributed by atoms with van der Waals surface area (Å²) in [7, 11) is 0. The van der Waals surface area contributed by atoms with Gasteiger partial charge in [0.25, 0.3) is 0 Å². The van der Waals surface area contributed by atoms with E-state index in [0.29, 0.717) is 5.25 Å². The lowest BCUT2D eigenvalue weighted by Crippen LogP contribution is -2.06. The Labute approximate surface area is 59.5 Å². The van der Waals surface area contributed by atoms with E-state index in [4.69, 9.17) is 0 Å². The number of hydrogen-bond acceptors (Lipinski definition) is 3. The van der Waals surface area contributed by atoms with Gasteiger partial charge in [-0.25, -0.2) is 0 Å². The molecule has 1 saturated carbocycles. The Bertz CT molecular complexity index is 91.1. The van der Waals surface area contributed by atoms with Crippen molar-refractivity contribution in [1.82, 2.24) is 0 Å². The van der Waals surface area contributed by atoms with E-state index < -0.39 is 0 Å². The highest BCUT2D eigenvalue weighted by molar-refractivity contribution is 7.98. The standard InChI is InChI=1S/C6H11NOS/c8-7-9-6-4-2-1-3-5-6/h6H,1-5H2. The summed E-state index contributed by atoms with van der Waals surface area (Å²) in [5.41, 5.74) is 0. The van der Waals surface area contributed by atoms with Crippen molar-refractivity contribution in [3.63, 3.8) is 0 Å². The molecule has 2 nitrogen and oxygen atoms in total. The predicted octanol–water partition coefficient (Wildman–Crippen LogP) is 2.73. The monoisotopic (exact) mass is 145 g/mol. The van der Waals surface area contributed by atoms with Gasteiger partial charge in [0, 0.05) is 21.8 Å². The Morgan fingerprint density at radius 2 is 1.89 bits per heavy atom. The van der Waals surface area contributed by atoms with Gasteiger partial charge in [-0.2, -0.15) is 0 Å². The van der Waals surface area contributed by atoms with E-state index in [9.17, 15) is 4.91 Å². The van der Waals surface area contributed by atoms with Crippen molar-refractivity contribution in [2.24, 2.45) is 4.58 Å². The van der Waals surface area contributed by atoms with Gasteiger partial charge in [0.15, 0.2) is 0 Å². The maximum atomic E-state index is 9.79. The summed E-state index contributed by atoms with van der Waals surface area (Å²) >= 11 is 1.22. The van der Waals surface area contributed by atoms with Gasteiger partial charge < -0.3 is 0 Å². The number of hydrogen-bond donors (Lipinski definition) is 0. The van der Waals surface area contributed by atoms with Gasteiger partial charge in [-0.15, -0.1) is 4.91 Å². The fraction of sp³-hybridized carbons (Fsp3) is 1.00. The molecule has 1 rings (SSSR count). The highest BCUT2D eigenvalue weighted by Crippen LogP contribution is 2.28. The van der Waals surface area contributed by atoms with Crippen LogP contribution in [0.5, 0.6) is 0 Å². The van der Waals surface area contributed by atoms with E-state index >= 15 is 0 Å². The Balaban J connectivity index is 2.15. The molecule has 0 aliphatic heterocycles. The third-order valence-electron chi connectivity index (χ3n) is 1.74. The normalized spacial score (nSPS) is 21.8. The van der Waals surface area contributed by atoms with Gasteiger partial charge >= 0.3 is 0 Å². The van der Waals surface area contributed by atoms with E-state index in [-0.39, 0.29) is 0 Å². The second kappa shape index (κ2) is 3.88. The topological polar surface area (TPSA) is 29.4 Å². The first-order valence-electron chi connectivity index (χ1n) is 3.42. The lowest BCUT2D eigenvalue weighted by Gasteiger charge is -2.16. The summed E-state index contributed by atoms with van der Waals surface area (Å²) < 4.78 is 2.83. The average Bonchev–Trinajstić information content (AvgIpc) is 1.91. The smallest absolute Gasteiger partial charge is 0.0300 e. The van der Waals surface area contributed by atoms with E-state index in [0.717, 1.165) is 0 Å².